The van der Waals surface area contributed by atoms with Crippen molar-refractivity contribution in [2.45, 2.75) is 6.92 Å². The molecule has 2 aromatic carbocycles. The number of nitrogen functional groups attached to an aromatic ring is 1. The minimum absolute atomic E-state index is 0.564. The zero-order chi connectivity index (χ0) is 14.5. The van der Waals surface area contributed by atoms with E-state index < -0.39 is 0 Å². The number of rotatable bonds is 5. The van der Waals surface area contributed by atoms with Crippen molar-refractivity contribution in [3.05, 3.63) is 41.4 Å². The Morgan fingerprint density at radius 1 is 1.15 bits per heavy atom. The average molecular weight is 293 g/mol. The summed E-state index contributed by atoms with van der Waals surface area (Å²) in [6.07, 6.45) is 0. The Morgan fingerprint density at radius 3 is 2.65 bits per heavy atom. The monoisotopic (exact) mass is 292 g/mol. The van der Waals surface area contributed by atoms with E-state index >= 15 is 0 Å². The third kappa shape index (κ3) is 3.27. The number of hydrogen-bond donors (Lipinski definition) is 2. The number of halogens is 1. The third-order valence-corrected chi connectivity index (χ3v) is 2.99. The lowest BCUT2D eigenvalue weighted by atomic mass is 10.2. The van der Waals surface area contributed by atoms with E-state index in [-0.39, 0.29) is 0 Å². The zero-order valence-electron chi connectivity index (χ0n) is 11.4. The summed E-state index contributed by atoms with van der Waals surface area (Å²) >= 11 is 6.01. The van der Waals surface area contributed by atoms with Crippen molar-refractivity contribution in [2.75, 3.05) is 24.8 Å². The number of benzene rings is 2. The first-order valence-electron chi connectivity index (χ1n) is 6.27. The number of methoxy groups -OCH3 is 1. The van der Waals surface area contributed by atoms with Gasteiger partial charge in [-0.3, -0.25) is 0 Å². The van der Waals surface area contributed by atoms with Crippen molar-refractivity contribution in [3.63, 3.8) is 0 Å². The number of nitrogens with two attached hydrogens (primary N) is 1. The molecule has 0 saturated heterocycles. The van der Waals surface area contributed by atoms with Crippen molar-refractivity contribution >= 4 is 28.7 Å². The number of nitrogens with one attached hydrogen (secondary N) is 1. The summed E-state index contributed by atoms with van der Waals surface area (Å²) in [4.78, 5) is 0. The van der Waals surface area contributed by atoms with Gasteiger partial charge >= 0.3 is 0 Å². The van der Waals surface area contributed by atoms with Crippen LogP contribution in [0.1, 0.15) is 6.92 Å². The molecule has 20 heavy (non-hydrogen) atoms. The predicted molar refractivity (Wildman–Crippen MR) is 83.3 cm³/mol. The smallest absolute Gasteiger partial charge is 0.144 e. The van der Waals surface area contributed by atoms with E-state index in [1.165, 1.54) is 0 Å². The minimum atomic E-state index is 0.564. The Morgan fingerprint density at radius 2 is 1.95 bits per heavy atom. The van der Waals surface area contributed by atoms with Gasteiger partial charge in [0, 0.05) is 16.8 Å². The van der Waals surface area contributed by atoms with Crippen LogP contribution in [-0.4, -0.2) is 13.7 Å². The summed E-state index contributed by atoms with van der Waals surface area (Å²) in [6.45, 7) is 2.48. The summed E-state index contributed by atoms with van der Waals surface area (Å²) in [5.41, 5.74) is 8.09. The molecular weight excluding hydrogens is 276 g/mol. The van der Waals surface area contributed by atoms with Crippen molar-refractivity contribution in [1.29, 1.82) is 0 Å². The maximum atomic E-state index is 6.01. The highest BCUT2D eigenvalue weighted by atomic mass is 35.5. The molecule has 0 unspecified atom stereocenters. The summed E-state index contributed by atoms with van der Waals surface area (Å²) in [6, 6.07) is 10.9. The molecule has 106 valence electrons. The second-order valence-electron chi connectivity index (χ2n) is 4.16. The van der Waals surface area contributed by atoms with Gasteiger partial charge in [0.05, 0.1) is 25.1 Å². The molecule has 0 radical (unpaired) electrons. The van der Waals surface area contributed by atoms with Crippen LogP contribution < -0.4 is 20.5 Å². The Kier molecular flexibility index (Phi) is 4.58. The molecule has 3 N–H and O–H groups in total. The molecule has 0 saturated carbocycles. The van der Waals surface area contributed by atoms with Gasteiger partial charge in [0.15, 0.2) is 0 Å². The highest BCUT2D eigenvalue weighted by Gasteiger charge is 2.06. The standard InChI is InChI=1S/C15H17ClN2O2/c1-3-20-15-9-11(5-6-12(15)17)18-13-8-10(16)4-7-14(13)19-2/h4-9,18H,3,17H2,1-2H3. The average Bonchev–Trinajstić information content (AvgIpc) is 2.43. The van der Waals surface area contributed by atoms with Crippen LogP contribution >= 0.6 is 11.6 Å². The van der Waals surface area contributed by atoms with Crippen LogP contribution in [0.4, 0.5) is 17.1 Å². The lowest BCUT2D eigenvalue weighted by Gasteiger charge is -2.13. The first-order valence-corrected chi connectivity index (χ1v) is 6.64. The molecule has 0 fully saturated rings. The van der Waals surface area contributed by atoms with Gasteiger partial charge in [-0.2, -0.15) is 0 Å². The third-order valence-electron chi connectivity index (χ3n) is 2.75. The van der Waals surface area contributed by atoms with Gasteiger partial charge in [0.1, 0.15) is 11.5 Å². The lowest BCUT2D eigenvalue weighted by molar-refractivity contribution is 0.342. The van der Waals surface area contributed by atoms with Crippen LogP contribution in [0, 0.1) is 0 Å². The Balaban J connectivity index is 2.30. The van der Waals surface area contributed by atoms with Crippen LogP contribution in [0.2, 0.25) is 5.02 Å². The molecule has 0 amide bonds. The highest BCUT2D eigenvalue weighted by Crippen LogP contribution is 2.33. The summed E-state index contributed by atoms with van der Waals surface area (Å²) < 4.78 is 10.8. The molecule has 0 aromatic heterocycles. The fraction of sp³-hybridized carbons (Fsp3) is 0.200. The van der Waals surface area contributed by atoms with Gasteiger partial charge in [0.25, 0.3) is 0 Å². The minimum Gasteiger partial charge on any atom is -0.495 e. The molecule has 0 aliphatic carbocycles. The van der Waals surface area contributed by atoms with E-state index in [4.69, 9.17) is 26.8 Å². The van der Waals surface area contributed by atoms with Gasteiger partial charge in [-0.25, -0.2) is 0 Å². The highest BCUT2D eigenvalue weighted by molar-refractivity contribution is 6.31. The first kappa shape index (κ1) is 14.3. The van der Waals surface area contributed by atoms with Crippen LogP contribution in [0.5, 0.6) is 11.5 Å². The maximum absolute atomic E-state index is 6.01. The maximum Gasteiger partial charge on any atom is 0.144 e. The van der Waals surface area contributed by atoms with Gasteiger partial charge in [-0.05, 0) is 37.3 Å². The largest absolute Gasteiger partial charge is 0.495 e. The van der Waals surface area contributed by atoms with E-state index in [1.807, 2.05) is 25.1 Å². The SMILES string of the molecule is CCOc1cc(Nc2cc(Cl)ccc2OC)ccc1N. The second-order valence-corrected chi connectivity index (χ2v) is 4.59. The molecule has 0 aliphatic heterocycles. The van der Waals surface area contributed by atoms with E-state index in [9.17, 15) is 0 Å². The fourth-order valence-electron chi connectivity index (χ4n) is 1.83. The summed E-state index contributed by atoms with van der Waals surface area (Å²) in [5, 5.41) is 3.88. The van der Waals surface area contributed by atoms with Crippen molar-refractivity contribution in [2.24, 2.45) is 0 Å². The molecule has 2 aromatic rings. The zero-order valence-corrected chi connectivity index (χ0v) is 12.2. The molecular formula is C15H17ClN2O2. The molecule has 0 aliphatic rings. The molecule has 0 bridgehead atoms. The Hall–Kier alpha value is -2.07. The fourth-order valence-corrected chi connectivity index (χ4v) is 2.00. The number of ether oxygens (including phenoxy) is 2. The molecule has 2 rings (SSSR count). The molecule has 0 atom stereocenters. The van der Waals surface area contributed by atoms with Gasteiger partial charge in [-0.15, -0.1) is 0 Å². The van der Waals surface area contributed by atoms with Crippen LogP contribution in [0.3, 0.4) is 0 Å². The van der Waals surface area contributed by atoms with Gasteiger partial charge < -0.3 is 20.5 Å². The summed E-state index contributed by atoms with van der Waals surface area (Å²) in [5.74, 6) is 1.36. The van der Waals surface area contributed by atoms with Crippen LogP contribution in [0.25, 0.3) is 0 Å². The second kappa shape index (κ2) is 6.39. The van der Waals surface area contributed by atoms with E-state index in [1.54, 1.807) is 25.3 Å². The predicted octanol–water partition coefficient (Wildman–Crippen LogP) is 4.07. The number of hydrogen-bond acceptors (Lipinski definition) is 4. The molecule has 0 spiro atoms. The van der Waals surface area contributed by atoms with Gasteiger partial charge in [-0.1, -0.05) is 11.6 Å². The van der Waals surface area contributed by atoms with Crippen LogP contribution in [-0.2, 0) is 0 Å². The summed E-state index contributed by atoms with van der Waals surface area (Å²) in [7, 11) is 1.61. The van der Waals surface area contributed by atoms with Gasteiger partial charge in [0.2, 0.25) is 0 Å². The normalized spacial score (nSPS) is 10.2. The topological polar surface area (TPSA) is 56.5 Å². The van der Waals surface area contributed by atoms with E-state index in [0.717, 1.165) is 11.4 Å². The molecule has 5 heteroatoms. The Bertz CT molecular complexity index is 602. The van der Waals surface area contributed by atoms with Crippen molar-refractivity contribution in [3.8, 4) is 11.5 Å². The van der Waals surface area contributed by atoms with Crippen LogP contribution in [0.15, 0.2) is 36.4 Å². The van der Waals surface area contributed by atoms with E-state index in [2.05, 4.69) is 5.32 Å². The van der Waals surface area contributed by atoms with Crippen molar-refractivity contribution < 1.29 is 9.47 Å². The Labute approximate surface area is 123 Å². The number of anilines is 3. The molecule has 4 nitrogen and oxygen atoms in total. The van der Waals surface area contributed by atoms with E-state index in [0.29, 0.717) is 28.8 Å². The lowest BCUT2D eigenvalue weighted by Crippen LogP contribution is -1.99. The first-order chi connectivity index (χ1) is 9.63. The molecule has 0 heterocycles. The van der Waals surface area contributed by atoms with Crippen molar-refractivity contribution in [1.82, 2.24) is 0 Å². The quantitative estimate of drug-likeness (QED) is 0.816.